The minimum absolute atomic E-state index is 0.0827. The van der Waals surface area contributed by atoms with Gasteiger partial charge in [0.05, 0.1) is 11.5 Å². The molecule has 1 rings (SSSR count). The highest BCUT2D eigenvalue weighted by molar-refractivity contribution is 7.89. The molecule has 0 heterocycles. The summed E-state index contributed by atoms with van der Waals surface area (Å²) < 4.78 is 26.3. The van der Waals surface area contributed by atoms with Gasteiger partial charge < -0.3 is 5.11 Å². The number of benzene rings is 1. The van der Waals surface area contributed by atoms with E-state index in [9.17, 15) is 8.42 Å². The maximum absolute atomic E-state index is 11.9. The molecule has 1 aromatic carbocycles. The normalized spacial score (nSPS) is 13.6. The summed E-state index contributed by atoms with van der Waals surface area (Å²) in [5.41, 5.74) is 0.700. The molecule has 0 bridgehead atoms. The summed E-state index contributed by atoms with van der Waals surface area (Å²) in [6.07, 6.45) is 0.936. The smallest absolute Gasteiger partial charge is 0.240 e. The molecule has 0 saturated heterocycles. The van der Waals surface area contributed by atoms with Crippen LogP contribution in [0.1, 0.15) is 25.8 Å². The van der Waals surface area contributed by atoms with Crippen molar-refractivity contribution in [2.24, 2.45) is 5.92 Å². The van der Waals surface area contributed by atoms with Gasteiger partial charge in [-0.25, -0.2) is 13.1 Å². The van der Waals surface area contributed by atoms with Crippen molar-refractivity contribution in [3.8, 4) is 0 Å². The van der Waals surface area contributed by atoms with Crippen molar-refractivity contribution in [1.82, 2.24) is 4.72 Å². The first-order valence-electron chi connectivity index (χ1n) is 5.69. The van der Waals surface area contributed by atoms with Gasteiger partial charge in [0.25, 0.3) is 0 Å². The van der Waals surface area contributed by atoms with E-state index >= 15 is 0 Å². The minimum Gasteiger partial charge on any atom is -0.392 e. The summed E-state index contributed by atoms with van der Waals surface area (Å²) in [7, 11) is -3.42. The molecule has 0 aliphatic rings. The zero-order valence-electron chi connectivity index (χ0n) is 10.2. The lowest BCUT2D eigenvalue weighted by Gasteiger charge is -2.11. The molecule has 0 fully saturated rings. The van der Waals surface area contributed by atoms with Crippen molar-refractivity contribution >= 4 is 10.0 Å². The molecule has 0 aliphatic heterocycles. The van der Waals surface area contributed by atoms with Crippen molar-refractivity contribution in [2.75, 3.05) is 6.54 Å². The average Bonchev–Trinajstić information content (AvgIpc) is 2.36. The van der Waals surface area contributed by atoms with Crippen LogP contribution in [0.5, 0.6) is 0 Å². The van der Waals surface area contributed by atoms with Gasteiger partial charge in [0.1, 0.15) is 0 Å². The van der Waals surface area contributed by atoms with Crippen LogP contribution in [0.4, 0.5) is 0 Å². The van der Waals surface area contributed by atoms with E-state index in [0.717, 1.165) is 6.42 Å². The van der Waals surface area contributed by atoms with E-state index in [0.29, 0.717) is 18.0 Å². The van der Waals surface area contributed by atoms with Gasteiger partial charge in [-0.3, -0.25) is 0 Å². The molecule has 96 valence electrons. The molecule has 4 nitrogen and oxygen atoms in total. The van der Waals surface area contributed by atoms with Crippen LogP contribution >= 0.6 is 0 Å². The minimum atomic E-state index is -3.42. The van der Waals surface area contributed by atoms with Crippen LogP contribution in [0.2, 0.25) is 0 Å². The second kappa shape index (κ2) is 6.14. The van der Waals surface area contributed by atoms with Gasteiger partial charge in [-0.2, -0.15) is 0 Å². The molecule has 17 heavy (non-hydrogen) atoms. The van der Waals surface area contributed by atoms with E-state index < -0.39 is 10.0 Å². The molecule has 0 radical (unpaired) electrons. The third-order valence-electron chi connectivity index (χ3n) is 2.73. The number of nitrogens with one attached hydrogen (secondary N) is 1. The largest absolute Gasteiger partial charge is 0.392 e. The van der Waals surface area contributed by atoms with E-state index in [1.807, 2.05) is 13.8 Å². The van der Waals surface area contributed by atoms with Crippen LogP contribution in [-0.2, 0) is 16.6 Å². The number of sulfonamides is 1. The fourth-order valence-electron chi connectivity index (χ4n) is 1.25. The molecule has 0 spiro atoms. The molecule has 5 heteroatoms. The Morgan fingerprint density at radius 1 is 1.29 bits per heavy atom. The van der Waals surface area contributed by atoms with E-state index in [-0.39, 0.29) is 11.5 Å². The number of aliphatic hydroxyl groups is 1. The Labute approximate surface area is 103 Å². The second-order valence-electron chi connectivity index (χ2n) is 4.17. The van der Waals surface area contributed by atoms with Gasteiger partial charge >= 0.3 is 0 Å². The van der Waals surface area contributed by atoms with E-state index in [1.165, 1.54) is 12.1 Å². The summed E-state index contributed by atoms with van der Waals surface area (Å²) in [6, 6.07) is 6.23. The predicted molar refractivity (Wildman–Crippen MR) is 67.0 cm³/mol. The SMILES string of the molecule is CCC(C)CNS(=O)(=O)c1ccc(CO)cc1. The molecule has 0 aromatic heterocycles. The molecular weight excluding hydrogens is 238 g/mol. The van der Waals surface area contributed by atoms with Crippen LogP contribution in [0.3, 0.4) is 0 Å². The quantitative estimate of drug-likeness (QED) is 0.811. The molecule has 0 amide bonds. The zero-order chi connectivity index (χ0) is 12.9. The number of rotatable bonds is 6. The molecule has 0 saturated carbocycles. The lowest BCUT2D eigenvalue weighted by molar-refractivity contribution is 0.282. The molecule has 1 aromatic rings. The summed E-state index contributed by atoms with van der Waals surface area (Å²) >= 11 is 0. The summed E-state index contributed by atoms with van der Waals surface area (Å²) in [6.45, 7) is 4.38. The van der Waals surface area contributed by atoms with Crippen molar-refractivity contribution < 1.29 is 13.5 Å². The molecule has 2 N–H and O–H groups in total. The van der Waals surface area contributed by atoms with Crippen LogP contribution in [-0.4, -0.2) is 20.1 Å². The number of hydrogen-bond acceptors (Lipinski definition) is 3. The first-order chi connectivity index (χ1) is 7.99. The lowest BCUT2D eigenvalue weighted by atomic mass is 10.1. The number of aliphatic hydroxyl groups excluding tert-OH is 1. The topological polar surface area (TPSA) is 66.4 Å². The van der Waals surface area contributed by atoms with Gasteiger partial charge in [-0.05, 0) is 23.6 Å². The Balaban J connectivity index is 2.75. The maximum atomic E-state index is 11.9. The third kappa shape index (κ3) is 4.11. The number of hydrogen-bond donors (Lipinski definition) is 2. The molecule has 1 atom stereocenters. The van der Waals surface area contributed by atoms with Crippen LogP contribution in [0, 0.1) is 5.92 Å². The third-order valence-corrected chi connectivity index (χ3v) is 4.17. The summed E-state index contributed by atoms with van der Waals surface area (Å²) in [5, 5.41) is 8.87. The monoisotopic (exact) mass is 257 g/mol. The predicted octanol–water partition coefficient (Wildman–Crippen LogP) is 1.50. The van der Waals surface area contributed by atoms with Crippen LogP contribution in [0.25, 0.3) is 0 Å². The Hall–Kier alpha value is -0.910. The maximum Gasteiger partial charge on any atom is 0.240 e. The first-order valence-corrected chi connectivity index (χ1v) is 7.17. The first kappa shape index (κ1) is 14.2. The average molecular weight is 257 g/mol. The van der Waals surface area contributed by atoms with Crippen LogP contribution < -0.4 is 4.72 Å². The Kier molecular flexibility index (Phi) is 5.11. The van der Waals surface area contributed by atoms with Gasteiger partial charge in [0, 0.05) is 6.54 Å². The lowest BCUT2D eigenvalue weighted by Crippen LogP contribution is -2.28. The van der Waals surface area contributed by atoms with Crippen molar-refractivity contribution in [2.45, 2.75) is 31.8 Å². The van der Waals surface area contributed by atoms with Crippen molar-refractivity contribution in [3.63, 3.8) is 0 Å². The second-order valence-corrected chi connectivity index (χ2v) is 5.93. The van der Waals surface area contributed by atoms with E-state index in [1.54, 1.807) is 12.1 Å². The Morgan fingerprint density at radius 2 is 1.88 bits per heavy atom. The fourth-order valence-corrected chi connectivity index (χ4v) is 2.42. The Bertz CT molecular complexity index is 439. The highest BCUT2D eigenvalue weighted by atomic mass is 32.2. The van der Waals surface area contributed by atoms with Gasteiger partial charge in [0.15, 0.2) is 0 Å². The summed E-state index contributed by atoms with van der Waals surface area (Å²) in [5.74, 6) is 0.321. The standard InChI is InChI=1S/C12H19NO3S/c1-3-10(2)8-13-17(15,16)12-6-4-11(9-14)5-7-12/h4-7,10,13-14H,3,8-9H2,1-2H3. The molecule has 1 unspecified atom stereocenters. The molecule has 0 aliphatic carbocycles. The van der Waals surface area contributed by atoms with Crippen molar-refractivity contribution in [3.05, 3.63) is 29.8 Å². The van der Waals surface area contributed by atoms with Crippen LogP contribution in [0.15, 0.2) is 29.2 Å². The van der Waals surface area contributed by atoms with Gasteiger partial charge in [-0.15, -0.1) is 0 Å². The summed E-state index contributed by atoms with van der Waals surface area (Å²) in [4.78, 5) is 0.234. The van der Waals surface area contributed by atoms with E-state index in [4.69, 9.17) is 5.11 Å². The zero-order valence-corrected chi connectivity index (χ0v) is 11.0. The van der Waals surface area contributed by atoms with E-state index in [2.05, 4.69) is 4.72 Å². The fraction of sp³-hybridized carbons (Fsp3) is 0.500. The van der Waals surface area contributed by atoms with Crippen molar-refractivity contribution in [1.29, 1.82) is 0 Å². The van der Waals surface area contributed by atoms with Gasteiger partial charge in [-0.1, -0.05) is 32.4 Å². The highest BCUT2D eigenvalue weighted by Crippen LogP contribution is 2.11. The molecular formula is C12H19NO3S. The van der Waals surface area contributed by atoms with Gasteiger partial charge in [0.2, 0.25) is 10.0 Å². The highest BCUT2D eigenvalue weighted by Gasteiger charge is 2.14. The Morgan fingerprint density at radius 3 is 2.35 bits per heavy atom.